The van der Waals surface area contributed by atoms with Gasteiger partial charge in [0.25, 0.3) is 5.91 Å². The number of rotatable bonds is 6. The van der Waals surface area contributed by atoms with Gasteiger partial charge in [0, 0.05) is 10.5 Å². The molecule has 0 unspecified atom stereocenters. The number of hydrogen-bond donors (Lipinski definition) is 2. The fourth-order valence-corrected chi connectivity index (χ4v) is 2.34. The number of aryl methyl sites for hydroxylation is 1. The first-order chi connectivity index (χ1) is 9.35. The van der Waals surface area contributed by atoms with E-state index in [1.165, 1.54) is 0 Å². The number of amides is 1. The number of carbonyl (C=O) groups is 2. The van der Waals surface area contributed by atoms with Crippen molar-refractivity contribution in [3.05, 3.63) is 29.3 Å². The van der Waals surface area contributed by atoms with Crippen LogP contribution in [0.15, 0.2) is 23.1 Å². The van der Waals surface area contributed by atoms with E-state index < -0.39 is 12.0 Å². The third-order valence-electron chi connectivity index (χ3n) is 3.00. The summed E-state index contributed by atoms with van der Waals surface area (Å²) in [6.07, 6.45) is 2.35. The Bertz CT molecular complexity index is 500. The zero-order chi connectivity index (χ0) is 15.3. The summed E-state index contributed by atoms with van der Waals surface area (Å²) in [7, 11) is 0. The summed E-state index contributed by atoms with van der Waals surface area (Å²) < 4.78 is 0. The standard InChI is InChI=1S/C15H21NO3S/c1-9(2)7-13(15(18)19)16-14(17)12-8-11(20-4)6-5-10(12)3/h5-6,8-9,13H,7H2,1-4H3,(H,16,17)(H,18,19)/t13-/m1/s1. The summed E-state index contributed by atoms with van der Waals surface area (Å²) in [6.45, 7) is 5.71. The smallest absolute Gasteiger partial charge is 0.326 e. The topological polar surface area (TPSA) is 66.4 Å². The first-order valence-corrected chi connectivity index (χ1v) is 7.76. The molecule has 0 fully saturated rings. The molecule has 4 nitrogen and oxygen atoms in total. The quantitative estimate of drug-likeness (QED) is 0.792. The predicted octanol–water partition coefficient (Wildman–Crippen LogP) is 2.95. The molecule has 0 saturated carbocycles. The van der Waals surface area contributed by atoms with Crippen molar-refractivity contribution >= 4 is 23.6 Å². The number of carboxylic acid groups (broad SMARTS) is 1. The fourth-order valence-electron chi connectivity index (χ4n) is 1.90. The van der Waals surface area contributed by atoms with Crippen molar-refractivity contribution in [3.8, 4) is 0 Å². The van der Waals surface area contributed by atoms with Crippen LogP contribution in [0.4, 0.5) is 0 Å². The van der Waals surface area contributed by atoms with Gasteiger partial charge in [-0.1, -0.05) is 19.9 Å². The van der Waals surface area contributed by atoms with Crippen molar-refractivity contribution in [3.63, 3.8) is 0 Å². The van der Waals surface area contributed by atoms with Crippen LogP contribution in [-0.2, 0) is 4.79 Å². The molecule has 0 aliphatic rings. The van der Waals surface area contributed by atoms with Crippen LogP contribution in [0.2, 0.25) is 0 Å². The highest BCUT2D eigenvalue weighted by molar-refractivity contribution is 7.98. The summed E-state index contributed by atoms with van der Waals surface area (Å²) >= 11 is 1.55. The van der Waals surface area contributed by atoms with Crippen molar-refractivity contribution in [2.45, 2.75) is 38.1 Å². The average molecular weight is 295 g/mol. The Morgan fingerprint density at radius 2 is 2.00 bits per heavy atom. The van der Waals surface area contributed by atoms with Gasteiger partial charge in [0.15, 0.2) is 0 Å². The van der Waals surface area contributed by atoms with Crippen molar-refractivity contribution in [1.82, 2.24) is 5.32 Å². The lowest BCUT2D eigenvalue weighted by molar-refractivity contribution is -0.139. The Morgan fingerprint density at radius 1 is 1.35 bits per heavy atom. The van der Waals surface area contributed by atoms with Gasteiger partial charge in [-0.15, -0.1) is 11.8 Å². The normalized spacial score (nSPS) is 12.2. The minimum atomic E-state index is -0.995. The van der Waals surface area contributed by atoms with Gasteiger partial charge in [-0.05, 0) is 43.2 Å². The van der Waals surface area contributed by atoms with Crippen LogP contribution in [0.25, 0.3) is 0 Å². The second-order valence-electron chi connectivity index (χ2n) is 5.17. The third-order valence-corrected chi connectivity index (χ3v) is 3.73. The maximum atomic E-state index is 12.2. The molecule has 1 amide bonds. The molecular weight excluding hydrogens is 274 g/mol. The van der Waals surface area contributed by atoms with Crippen LogP contribution in [0.5, 0.6) is 0 Å². The van der Waals surface area contributed by atoms with Crippen LogP contribution >= 0.6 is 11.8 Å². The van der Waals surface area contributed by atoms with Gasteiger partial charge in [-0.2, -0.15) is 0 Å². The molecule has 110 valence electrons. The molecule has 0 saturated heterocycles. The second-order valence-corrected chi connectivity index (χ2v) is 6.05. The van der Waals surface area contributed by atoms with Crippen molar-refractivity contribution < 1.29 is 14.7 Å². The Labute approximate surface area is 124 Å². The van der Waals surface area contributed by atoms with E-state index in [9.17, 15) is 9.59 Å². The molecule has 0 spiro atoms. The fraction of sp³-hybridized carbons (Fsp3) is 0.467. The van der Waals surface area contributed by atoms with Gasteiger partial charge in [-0.3, -0.25) is 4.79 Å². The van der Waals surface area contributed by atoms with Crippen LogP contribution in [0.1, 0.15) is 36.2 Å². The molecule has 20 heavy (non-hydrogen) atoms. The summed E-state index contributed by atoms with van der Waals surface area (Å²) in [4.78, 5) is 24.4. The van der Waals surface area contributed by atoms with E-state index in [2.05, 4.69) is 5.32 Å². The van der Waals surface area contributed by atoms with E-state index in [-0.39, 0.29) is 11.8 Å². The molecule has 1 rings (SSSR count). The van der Waals surface area contributed by atoms with Gasteiger partial charge in [0.1, 0.15) is 6.04 Å². The van der Waals surface area contributed by atoms with Gasteiger partial charge >= 0.3 is 5.97 Å². The average Bonchev–Trinajstić information content (AvgIpc) is 2.37. The number of carboxylic acids is 1. The lowest BCUT2D eigenvalue weighted by atomic mass is 10.0. The summed E-state index contributed by atoms with van der Waals surface area (Å²) in [5.41, 5.74) is 1.38. The van der Waals surface area contributed by atoms with E-state index in [0.29, 0.717) is 12.0 Å². The molecule has 1 aromatic rings. The Kier molecular flexibility index (Phi) is 6.07. The van der Waals surface area contributed by atoms with Crippen molar-refractivity contribution in [2.75, 3.05) is 6.26 Å². The SMILES string of the molecule is CSc1ccc(C)c(C(=O)N[C@H](CC(C)C)C(=O)O)c1. The highest BCUT2D eigenvalue weighted by Gasteiger charge is 2.22. The first-order valence-electron chi connectivity index (χ1n) is 6.53. The molecule has 0 bridgehead atoms. The maximum absolute atomic E-state index is 12.2. The van der Waals surface area contributed by atoms with E-state index in [1.54, 1.807) is 17.8 Å². The van der Waals surface area contributed by atoms with Crippen molar-refractivity contribution in [2.24, 2.45) is 5.92 Å². The third kappa shape index (κ3) is 4.56. The molecule has 1 aromatic carbocycles. The molecule has 0 radical (unpaired) electrons. The van der Waals surface area contributed by atoms with Crippen LogP contribution < -0.4 is 5.32 Å². The van der Waals surface area contributed by atoms with Gasteiger partial charge < -0.3 is 10.4 Å². The minimum absolute atomic E-state index is 0.204. The number of thioether (sulfide) groups is 1. The van der Waals surface area contributed by atoms with Crippen LogP contribution in [0, 0.1) is 12.8 Å². The zero-order valence-electron chi connectivity index (χ0n) is 12.3. The highest BCUT2D eigenvalue weighted by Crippen LogP contribution is 2.19. The summed E-state index contributed by atoms with van der Waals surface area (Å²) in [5, 5.41) is 11.8. The Balaban J connectivity index is 2.91. The minimum Gasteiger partial charge on any atom is -0.480 e. The monoisotopic (exact) mass is 295 g/mol. The molecule has 0 aliphatic heterocycles. The number of nitrogens with one attached hydrogen (secondary N) is 1. The molecule has 0 aliphatic carbocycles. The number of carbonyl (C=O) groups excluding carboxylic acids is 1. The van der Waals surface area contributed by atoms with Gasteiger partial charge in [-0.25, -0.2) is 4.79 Å². The zero-order valence-corrected chi connectivity index (χ0v) is 13.1. The summed E-state index contributed by atoms with van der Waals surface area (Å²) in [6, 6.07) is 4.77. The number of hydrogen-bond acceptors (Lipinski definition) is 3. The highest BCUT2D eigenvalue weighted by atomic mass is 32.2. The molecular formula is C15H21NO3S. The molecule has 5 heteroatoms. The van der Waals surface area contributed by atoms with E-state index in [0.717, 1.165) is 10.5 Å². The van der Waals surface area contributed by atoms with E-state index in [4.69, 9.17) is 5.11 Å². The van der Waals surface area contributed by atoms with E-state index >= 15 is 0 Å². The lowest BCUT2D eigenvalue weighted by Gasteiger charge is -2.17. The number of aliphatic carboxylic acids is 1. The van der Waals surface area contributed by atoms with Gasteiger partial charge in [0.2, 0.25) is 0 Å². The molecule has 1 atom stereocenters. The van der Waals surface area contributed by atoms with Crippen LogP contribution in [-0.4, -0.2) is 29.3 Å². The predicted molar refractivity (Wildman–Crippen MR) is 81.3 cm³/mol. The maximum Gasteiger partial charge on any atom is 0.326 e. The second kappa shape index (κ2) is 7.33. The largest absolute Gasteiger partial charge is 0.480 e. The Hall–Kier alpha value is -1.49. The number of benzene rings is 1. The Morgan fingerprint density at radius 3 is 2.50 bits per heavy atom. The van der Waals surface area contributed by atoms with Crippen molar-refractivity contribution in [1.29, 1.82) is 0 Å². The lowest BCUT2D eigenvalue weighted by Crippen LogP contribution is -2.41. The van der Waals surface area contributed by atoms with Gasteiger partial charge in [0.05, 0.1) is 0 Å². The molecule has 2 N–H and O–H groups in total. The van der Waals surface area contributed by atoms with E-state index in [1.807, 2.05) is 39.2 Å². The molecule has 0 aromatic heterocycles. The van der Waals surface area contributed by atoms with Crippen LogP contribution in [0.3, 0.4) is 0 Å². The first kappa shape index (κ1) is 16.6. The summed E-state index contributed by atoms with van der Waals surface area (Å²) in [5.74, 6) is -1.12. The molecule has 0 heterocycles.